The molecule has 1 aromatic rings. The third-order valence-electron chi connectivity index (χ3n) is 6.07. The molecule has 0 spiro atoms. The Morgan fingerprint density at radius 1 is 1.16 bits per heavy atom. The van der Waals surface area contributed by atoms with Crippen LogP contribution >= 0.6 is 0 Å². The molecular formula is C22H30FN3O5. The van der Waals surface area contributed by atoms with Crippen LogP contribution in [0.5, 0.6) is 0 Å². The molecule has 2 atom stereocenters. The van der Waals surface area contributed by atoms with Gasteiger partial charge < -0.3 is 25.0 Å². The molecule has 0 aliphatic carbocycles. The molecule has 0 bridgehead atoms. The number of piperidine rings is 2. The summed E-state index contributed by atoms with van der Waals surface area (Å²) in [5.74, 6) is -0.752. The number of carbonyl (C=O) groups excluding carboxylic acids is 3. The van der Waals surface area contributed by atoms with Crippen LogP contribution in [0.2, 0.25) is 0 Å². The van der Waals surface area contributed by atoms with E-state index in [-0.39, 0.29) is 29.9 Å². The Morgan fingerprint density at radius 2 is 1.87 bits per heavy atom. The molecule has 0 radical (unpaired) electrons. The van der Waals surface area contributed by atoms with Crippen molar-refractivity contribution in [3.05, 3.63) is 35.1 Å². The van der Waals surface area contributed by atoms with E-state index in [2.05, 4.69) is 0 Å². The molecule has 31 heavy (non-hydrogen) atoms. The molecule has 2 aliphatic rings. The van der Waals surface area contributed by atoms with E-state index in [9.17, 15) is 18.8 Å². The van der Waals surface area contributed by atoms with Crippen molar-refractivity contribution in [3.63, 3.8) is 0 Å². The number of primary amides is 1. The molecule has 2 unspecified atom stereocenters. The van der Waals surface area contributed by atoms with Crippen molar-refractivity contribution >= 4 is 18.1 Å². The summed E-state index contributed by atoms with van der Waals surface area (Å²) in [5, 5.41) is 0. The van der Waals surface area contributed by atoms with Gasteiger partial charge in [-0.3, -0.25) is 4.79 Å². The first-order valence-corrected chi connectivity index (χ1v) is 10.7. The molecule has 0 saturated carbocycles. The third kappa shape index (κ3) is 5.45. The number of ether oxygens (including phenoxy) is 2. The number of amides is 3. The van der Waals surface area contributed by atoms with E-state index in [4.69, 9.17) is 15.2 Å². The summed E-state index contributed by atoms with van der Waals surface area (Å²) >= 11 is 0. The highest BCUT2D eigenvalue weighted by Crippen LogP contribution is 2.34. The summed E-state index contributed by atoms with van der Waals surface area (Å²) < 4.78 is 24.3. The largest absolute Gasteiger partial charge is 0.466 e. The normalized spacial score (nSPS) is 22.2. The average Bonchev–Trinajstić information content (AvgIpc) is 2.74. The summed E-state index contributed by atoms with van der Waals surface area (Å²) in [5.41, 5.74) is 7.06. The number of likely N-dealkylation sites (tertiary alicyclic amines) is 2. The van der Waals surface area contributed by atoms with Gasteiger partial charge in [-0.25, -0.2) is 14.0 Å². The maximum absolute atomic E-state index is 13.5. The first-order chi connectivity index (χ1) is 14.8. The monoisotopic (exact) mass is 435 g/mol. The van der Waals surface area contributed by atoms with Gasteiger partial charge >= 0.3 is 18.1 Å². The van der Waals surface area contributed by atoms with Gasteiger partial charge in [0.15, 0.2) is 0 Å². The standard InChI is InChI=1S/C22H30FN3O5/c1-3-30-20(27)15-6-9-25(10-7-15)22(29)31-17-8-11-26(21(24)28)19(13-17)18-5-4-16(23)12-14(18)2/h4-5,12,15,17,19H,3,6-11,13H2,1-2H3,(H2,24,28). The highest BCUT2D eigenvalue weighted by atomic mass is 19.1. The minimum Gasteiger partial charge on any atom is -0.466 e. The van der Waals surface area contributed by atoms with Gasteiger partial charge in [0.1, 0.15) is 11.9 Å². The Hall–Kier alpha value is -2.84. The minimum absolute atomic E-state index is 0.186. The van der Waals surface area contributed by atoms with Crippen LogP contribution in [-0.2, 0) is 14.3 Å². The summed E-state index contributed by atoms with van der Waals surface area (Å²) in [7, 11) is 0. The second kappa shape index (κ2) is 9.98. The maximum atomic E-state index is 13.5. The van der Waals surface area contributed by atoms with Crippen molar-refractivity contribution in [2.75, 3.05) is 26.2 Å². The van der Waals surface area contributed by atoms with E-state index in [0.717, 1.165) is 5.56 Å². The summed E-state index contributed by atoms with van der Waals surface area (Å²) in [6.07, 6.45) is 1.15. The van der Waals surface area contributed by atoms with Crippen molar-refractivity contribution in [1.82, 2.24) is 9.80 Å². The van der Waals surface area contributed by atoms with E-state index in [1.165, 1.54) is 17.0 Å². The maximum Gasteiger partial charge on any atom is 0.410 e. The highest BCUT2D eigenvalue weighted by Gasteiger charge is 2.36. The second-order valence-corrected chi connectivity index (χ2v) is 8.09. The molecule has 170 valence electrons. The van der Waals surface area contributed by atoms with Crippen LogP contribution in [0.3, 0.4) is 0 Å². The van der Waals surface area contributed by atoms with Gasteiger partial charge in [-0.05, 0) is 49.9 Å². The lowest BCUT2D eigenvalue weighted by Gasteiger charge is -2.40. The molecule has 1 aromatic carbocycles. The van der Waals surface area contributed by atoms with Crippen molar-refractivity contribution in [2.45, 2.75) is 51.7 Å². The quantitative estimate of drug-likeness (QED) is 0.732. The molecule has 0 aromatic heterocycles. The number of carbonyl (C=O) groups is 3. The number of hydrogen-bond acceptors (Lipinski definition) is 5. The number of halogens is 1. The van der Waals surface area contributed by atoms with E-state index in [1.807, 2.05) is 0 Å². The molecule has 2 aliphatic heterocycles. The van der Waals surface area contributed by atoms with Gasteiger partial charge in [-0.2, -0.15) is 0 Å². The van der Waals surface area contributed by atoms with Gasteiger partial charge in [0.05, 0.1) is 18.6 Å². The Labute approximate surface area is 181 Å². The molecule has 2 saturated heterocycles. The third-order valence-corrected chi connectivity index (χ3v) is 6.07. The van der Waals surface area contributed by atoms with E-state index < -0.39 is 12.1 Å². The Balaban J connectivity index is 1.61. The van der Waals surface area contributed by atoms with Crippen molar-refractivity contribution < 1.29 is 28.2 Å². The molecule has 2 heterocycles. The lowest BCUT2D eigenvalue weighted by molar-refractivity contribution is -0.149. The predicted octanol–water partition coefficient (Wildman–Crippen LogP) is 3.13. The van der Waals surface area contributed by atoms with Crippen LogP contribution < -0.4 is 5.73 Å². The fourth-order valence-electron chi connectivity index (χ4n) is 4.39. The van der Waals surface area contributed by atoms with Crippen LogP contribution in [0.25, 0.3) is 0 Å². The lowest BCUT2D eigenvalue weighted by atomic mass is 9.91. The zero-order valence-electron chi connectivity index (χ0n) is 18.0. The molecule has 2 fully saturated rings. The Kier molecular flexibility index (Phi) is 7.35. The average molecular weight is 435 g/mol. The molecule has 9 heteroatoms. The first-order valence-electron chi connectivity index (χ1n) is 10.7. The summed E-state index contributed by atoms with van der Waals surface area (Å²) in [6.45, 7) is 5.11. The molecule has 3 amide bonds. The topological polar surface area (TPSA) is 102 Å². The summed E-state index contributed by atoms with van der Waals surface area (Å²) in [6, 6.07) is 3.47. The highest BCUT2D eigenvalue weighted by molar-refractivity contribution is 5.74. The van der Waals surface area contributed by atoms with Crippen LogP contribution in [-0.4, -0.2) is 60.2 Å². The number of rotatable bonds is 4. The van der Waals surface area contributed by atoms with Crippen LogP contribution in [0, 0.1) is 18.7 Å². The zero-order valence-corrected chi connectivity index (χ0v) is 18.0. The molecular weight excluding hydrogens is 405 g/mol. The smallest absolute Gasteiger partial charge is 0.410 e. The number of esters is 1. The number of aryl methyl sites for hydroxylation is 1. The van der Waals surface area contributed by atoms with Gasteiger partial charge in [-0.15, -0.1) is 0 Å². The van der Waals surface area contributed by atoms with Crippen LogP contribution in [0.4, 0.5) is 14.0 Å². The number of nitrogens with two attached hydrogens (primary N) is 1. The van der Waals surface area contributed by atoms with Gasteiger partial charge in [0, 0.05) is 32.5 Å². The second-order valence-electron chi connectivity index (χ2n) is 8.09. The summed E-state index contributed by atoms with van der Waals surface area (Å²) in [4.78, 5) is 39.6. The number of benzene rings is 1. The first kappa shape index (κ1) is 22.8. The van der Waals surface area contributed by atoms with Gasteiger partial charge in [0.2, 0.25) is 0 Å². The fourth-order valence-corrected chi connectivity index (χ4v) is 4.39. The van der Waals surface area contributed by atoms with Crippen LogP contribution in [0.1, 0.15) is 49.8 Å². The van der Waals surface area contributed by atoms with E-state index in [0.29, 0.717) is 57.5 Å². The van der Waals surface area contributed by atoms with Crippen molar-refractivity contribution in [2.24, 2.45) is 11.7 Å². The molecule has 8 nitrogen and oxygen atoms in total. The van der Waals surface area contributed by atoms with Crippen molar-refractivity contribution in [3.8, 4) is 0 Å². The minimum atomic E-state index is -0.556. The lowest BCUT2D eigenvalue weighted by Crippen LogP contribution is -2.48. The zero-order chi connectivity index (χ0) is 22.5. The van der Waals surface area contributed by atoms with Gasteiger partial charge in [-0.1, -0.05) is 6.07 Å². The fraction of sp³-hybridized carbons (Fsp3) is 0.591. The molecule has 2 N–H and O–H groups in total. The Morgan fingerprint density at radius 3 is 2.48 bits per heavy atom. The van der Waals surface area contributed by atoms with E-state index in [1.54, 1.807) is 24.8 Å². The molecule has 3 rings (SSSR count). The number of hydrogen-bond donors (Lipinski definition) is 1. The SMILES string of the molecule is CCOC(=O)C1CCN(C(=O)OC2CCN(C(N)=O)C(c3ccc(F)cc3C)C2)CC1. The number of urea groups is 1. The predicted molar refractivity (Wildman–Crippen MR) is 111 cm³/mol. The number of nitrogens with zero attached hydrogens (tertiary/aromatic N) is 2. The van der Waals surface area contributed by atoms with Gasteiger partial charge in [0.25, 0.3) is 0 Å². The Bertz CT molecular complexity index is 825. The van der Waals surface area contributed by atoms with Crippen LogP contribution in [0.15, 0.2) is 18.2 Å². The van der Waals surface area contributed by atoms with E-state index >= 15 is 0 Å². The van der Waals surface area contributed by atoms with Crippen molar-refractivity contribution in [1.29, 1.82) is 0 Å².